The molecule has 122 valence electrons. The van der Waals surface area contributed by atoms with Crippen LogP contribution in [0, 0.1) is 0 Å². The van der Waals surface area contributed by atoms with Gasteiger partial charge in [0.2, 0.25) is 0 Å². The lowest BCUT2D eigenvalue weighted by Gasteiger charge is -2.08. The number of aromatic hydroxyl groups is 1. The lowest BCUT2D eigenvalue weighted by molar-refractivity contribution is 0.317. The minimum atomic E-state index is -3.71. The number of benzene rings is 2. The molecule has 0 heterocycles. The molecule has 0 saturated heterocycles. The minimum Gasteiger partial charge on any atom is -0.503 e. The van der Waals surface area contributed by atoms with Gasteiger partial charge in [-0.3, -0.25) is 0 Å². The molecule has 8 heteroatoms. The predicted molar refractivity (Wildman–Crippen MR) is 91.3 cm³/mol. The number of nitrogens with zero attached hydrogens (tertiary/aromatic N) is 1. The van der Waals surface area contributed by atoms with Crippen molar-refractivity contribution in [1.29, 1.82) is 0 Å². The first-order chi connectivity index (χ1) is 10.9. The average molecular weight is 399 g/mol. The van der Waals surface area contributed by atoms with Gasteiger partial charge in [-0.05, 0) is 52.7 Å². The van der Waals surface area contributed by atoms with Crippen LogP contribution in [-0.2, 0) is 10.0 Å². The Morgan fingerprint density at radius 1 is 1.30 bits per heavy atom. The van der Waals surface area contributed by atoms with Crippen molar-refractivity contribution in [3.8, 4) is 11.5 Å². The van der Waals surface area contributed by atoms with E-state index in [4.69, 9.17) is 4.74 Å². The summed E-state index contributed by atoms with van der Waals surface area (Å²) >= 11 is 3.20. The first-order valence-corrected chi connectivity index (χ1v) is 8.97. The molecule has 2 aromatic rings. The van der Waals surface area contributed by atoms with Gasteiger partial charge in [0.15, 0.2) is 11.5 Å². The van der Waals surface area contributed by atoms with Gasteiger partial charge in [0.1, 0.15) is 0 Å². The van der Waals surface area contributed by atoms with E-state index in [1.807, 2.05) is 0 Å². The Morgan fingerprint density at radius 3 is 2.65 bits per heavy atom. The number of ether oxygens (including phenoxy) is 1. The molecule has 0 spiro atoms. The fourth-order valence-electron chi connectivity index (χ4n) is 1.76. The number of phenolic OH excluding ortho intramolecular Hbond substituents is 1. The summed E-state index contributed by atoms with van der Waals surface area (Å²) in [5.74, 6) is 0.267. The quantitative estimate of drug-likeness (QED) is 0.578. The standard InChI is InChI=1S/C15H15BrN2O4S/c1-2-22-14-9-11(8-13(16)15(14)19)10-17-18-23(20,21)12-6-4-3-5-7-12/h3-10,18-19H,2H2,1H3/b17-10+. The van der Waals surface area contributed by atoms with E-state index in [-0.39, 0.29) is 16.4 Å². The van der Waals surface area contributed by atoms with E-state index in [1.54, 1.807) is 37.3 Å². The maximum atomic E-state index is 12.0. The zero-order chi connectivity index (χ0) is 16.9. The van der Waals surface area contributed by atoms with Crippen LogP contribution in [0.5, 0.6) is 11.5 Å². The van der Waals surface area contributed by atoms with Gasteiger partial charge in [-0.15, -0.1) is 0 Å². The number of sulfonamides is 1. The summed E-state index contributed by atoms with van der Waals surface area (Å²) in [6.45, 7) is 2.18. The second-order valence-electron chi connectivity index (χ2n) is 4.45. The molecule has 23 heavy (non-hydrogen) atoms. The van der Waals surface area contributed by atoms with Crippen LogP contribution in [0.3, 0.4) is 0 Å². The van der Waals surface area contributed by atoms with Crippen molar-refractivity contribution in [1.82, 2.24) is 4.83 Å². The average Bonchev–Trinajstić information content (AvgIpc) is 2.53. The monoisotopic (exact) mass is 398 g/mol. The number of hydrazone groups is 1. The molecule has 0 aromatic heterocycles. The van der Waals surface area contributed by atoms with Crippen molar-refractivity contribution in [2.45, 2.75) is 11.8 Å². The van der Waals surface area contributed by atoms with E-state index in [0.717, 1.165) is 0 Å². The number of nitrogens with one attached hydrogen (secondary N) is 1. The lowest BCUT2D eigenvalue weighted by atomic mass is 10.2. The third-order valence-corrected chi connectivity index (χ3v) is 4.63. The molecule has 0 atom stereocenters. The maximum Gasteiger partial charge on any atom is 0.276 e. The lowest BCUT2D eigenvalue weighted by Crippen LogP contribution is -2.18. The zero-order valence-corrected chi connectivity index (χ0v) is 14.6. The number of rotatable bonds is 6. The third-order valence-electron chi connectivity index (χ3n) is 2.79. The molecular formula is C15H15BrN2O4S. The highest BCUT2D eigenvalue weighted by molar-refractivity contribution is 9.10. The van der Waals surface area contributed by atoms with Gasteiger partial charge in [-0.2, -0.15) is 13.5 Å². The van der Waals surface area contributed by atoms with Crippen LogP contribution in [-0.4, -0.2) is 26.3 Å². The number of halogens is 1. The highest BCUT2D eigenvalue weighted by atomic mass is 79.9. The molecule has 0 aliphatic rings. The summed E-state index contributed by atoms with van der Waals surface area (Å²) in [6.07, 6.45) is 1.33. The summed E-state index contributed by atoms with van der Waals surface area (Å²) < 4.78 is 29.7. The van der Waals surface area contributed by atoms with E-state index >= 15 is 0 Å². The van der Waals surface area contributed by atoms with Gasteiger partial charge in [-0.25, -0.2) is 4.83 Å². The first-order valence-electron chi connectivity index (χ1n) is 6.69. The van der Waals surface area contributed by atoms with Gasteiger partial charge in [0, 0.05) is 0 Å². The van der Waals surface area contributed by atoms with Crippen LogP contribution in [0.4, 0.5) is 0 Å². The fraction of sp³-hybridized carbons (Fsp3) is 0.133. The Labute approximate surface area is 143 Å². The summed E-state index contributed by atoms with van der Waals surface area (Å²) in [4.78, 5) is 2.26. The molecule has 0 aliphatic carbocycles. The Hall–Kier alpha value is -2.06. The highest BCUT2D eigenvalue weighted by Crippen LogP contribution is 2.35. The molecule has 0 fully saturated rings. The molecule has 0 bridgehead atoms. The normalized spacial score (nSPS) is 11.6. The maximum absolute atomic E-state index is 12.0. The first kappa shape index (κ1) is 17.3. The molecule has 2 N–H and O–H groups in total. The van der Waals surface area contributed by atoms with Crippen LogP contribution in [0.25, 0.3) is 0 Å². The van der Waals surface area contributed by atoms with E-state index in [9.17, 15) is 13.5 Å². The highest BCUT2D eigenvalue weighted by Gasteiger charge is 2.12. The summed E-state index contributed by atoms with van der Waals surface area (Å²) in [6, 6.07) is 11.1. The van der Waals surface area contributed by atoms with Crippen molar-refractivity contribution in [2.24, 2.45) is 5.10 Å². The Morgan fingerprint density at radius 2 is 2.00 bits per heavy atom. The van der Waals surface area contributed by atoms with E-state index in [0.29, 0.717) is 16.6 Å². The largest absolute Gasteiger partial charge is 0.503 e. The van der Waals surface area contributed by atoms with Gasteiger partial charge in [-0.1, -0.05) is 18.2 Å². The molecule has 0 saturated carbocycles. The smallest absolute Gasteiger partial charge is 0.276 e. The van der Waals surface area contributed by atoms with Crippen molar-refractivity contribution < 1.29 is 18.3 Å². The predicted octanol–water partition coefficient (Wildman–Crippen LogP) is 2.87. The summed E-state index contributed by atoms with van der Waals surface area (Å²) in [5.41, 5.74) is 0.564. The van der Waals surface area contributed by atoms with Gasteiger partial charge >= 0.3 is 0 Å². The SMILES string of the molecule is CCOc1cc(/C=N/NS(=O)(=O)c2ccccc2)cc(Br)c1O. The fourth-order valence-corrected chi connectivity index (χ4v) is 3.03. The molecule has 0 radical (unpaired) electrons. The van der Waals surface area contributed by atoms with Crippen LogP contribution in [0.1, 0.15) is 12.5 Å². The number of hydrogen-bond donors (Lipinski definition) is 2. The second-order valence-corrected chi connectivity index (χ2v) is 6.96. The van der Waals surface area contributed by atoms with Gasteiger partial charge in [0.25, 0.3) is 10.0 Å². The van der Waals surface area contributed by atoms with Crippen molar-refractivity contribution >= 4 is 32.2 Å². The molecule has 0 unspecified atom stereocenters. The topological polar surface area (TPSA) is 88.0 Å². The second kappa shape index (κ2) is 7.47. The van der Waals surface area contributed by atoms with E-state index in [2.05, 4.69) is 25.9 Å². The number of hydrogen-bond acceptors (Lipinski definition) is 5. The third kappa shape index (κ3) is 4.46. The van der Waals surface area contributed by atoms with Crippen molar-refractivity contribution in [3.63, 3.8) is 0 Å². The minimum absolute atomic E-state index is 0.0196. The molecule has 6 nitrogen and oxygen atoms in total. The van der Waals surface area contributed by atoms with Crippen molar-refractivity contribution in [3.05, 3.63) is 52.5 Å². The van der Waals surface area contributed by atoms with E-state index < -0.39 is 10.0 Å². The van der Waals surface area contributed by atoms with Crippen LogP contribution in [0.2, 0.25) is 0 Å². The zero-order valence-electron chi connectivity index (χ0n) is 12.2. The van der Waals surface area contributed by atoms with Crippen LogP contribution < -0.4 is 9.57 Å². The molecule has 2 aromatic carbocycles. The van der Waals surface area contributed by atoms with E-state index in [1.165, 1.54) is 18.3 Å². The number of phenols is 1. The molecule has 2 rings (SSSR count). The molecular weight excluding hydrogens is 384 g/mol. The Bertz CT molecular complexity index is 808. The molecule has 0 amide bonds. The molecule has 0 aliphatic heterocycles. The van der Waals surface area contributed by atoms with Gasteiger partial charge < -0.3 is 9.84 Å². The van der Waals surface area contributed by atoms with Crippen LogP contribution >= 0.6 is 15.9 Å². The van der Waals surface area contributed by atoms with Crippen molar-refractivity contribution in [2.75, 3.05) is 6.61 Å². The van der Waals surface area contributed by atoms with Crippen LogP contribution in [0.15, 0.2) is 56.9 Å². The van der Waals surface area contributed by atoms with Gasteiger partial charge in [0.05, 0.1) is 22.2 Å². The summed E-state index contributed by atoms with van der Waals surface area (Å²) in [7, 11) is -3.71. The Balaban J connectivity index is 2.18. The Kier molecular flexibility index (Phi) is 5.62. The summed E-state index contributed by atoms with van der Waals surface area (Å²) in [5, 5.41) is 13.6.